The van der Waals surface area contributed by atoms with Crippen LogP contribution in [0.25, 0.3) is 5.65 Å². The largest absolute Gasteiger partial charge is 0.348 e. The molecule has 3 aromatic rings. The van der Waals surface area contributed by atoms with Crippen LogP contribution >= 0.6 is 0 Å². The van der Waals surface area contributed by atoms with Gasteiger partial charge in [0, 0.05) is 49.7 Å². The molecule has 0 radical (unpaired) electrons. The quantitative estimate of drug-likeness (QED) is 0.723. The van der Waals surface area contributed by atoms with Crippen molar-refractivity contribution in [1.82, 2.24) is 29.4 Å². The number of aromatic nitrogens is 4. The van der Waals surface area contributed by atoms with Crippen molar-refractivity contribution in [2.45, 2.75) is 51.6 Å². The minimum absolute atomic E-state index is 0.118. The van der Waals surface area contributed by atoms with Crippen molar-refractivity contribution in [3.8, 4) is 0 Å². The first-order chi connectivity index (χ1) is 14.5. The van der Waals surface area contributed by atoms with Gasteiger partial charge in [-0.05, 0) is 37.5 Å². The minimum Gasteiger partial charge on any atom is -0.348 e. The first-order valence-electron chi connectivity index (χ1n) is 10.6. The van der Waals surface area contributed by atoms with Gasteiger partial charge in [0.2, 0.25) is 0 Å². The number of carbonyl (C=O) groups is 2. The molecule has 0 saturated heterocycles. The molecule has 4 heterocycles. The molecule has 2 aliphatic rings. The molecule has 1 aliphatic heterocycles. The molecule has 8 nitrogen and oxygen atoms in total. The van der Waals surface area contributed by atoms with Crippen molar-refractivity contribution >= 4 is 17.5 Å². The van der Waals surface area contributed by atoms with Gasteiger partial charge in [0.05, 0.1) is 6.54 Å². The molecule has 1 saturated carbocycles. The van der Waals surface area contributed by atoms with Gasteiger partial charge in [0.25, 0.3) is 11.8 Å². The van der Waals surface area contributed by atoms with Crippen molar-refractivity contribution < 1.29 is 9.59 Å². The molecule has 156 valence electrons. The van der Waals surface area contributed by atoms with Gasteiger partial charge in [-0.2, -0.15) is 5.10 Å². The van der Waals surface area contributed by atoms with Gasteiger partial charge in [-0.25, -0.2) is 4.98 Å². The van der Waals surface area contributed by atoms with Crippen molar-refractivity contribution in [2.75, 3.05) is 6.54 Å². The number of carbonyl (C=O) groups excluding carboxylic acids is 2. The van der Waals surface area contributed by atoms with E-state index in [1.807, 2.05) is 36.7 Å². The highest BCUT2D eigenvalue weighted by Gasteiger charge is 2.31. The fourth-order valence-electron chi connectivity index (χ4n) is 4.62. The van der Waals surface area contributed by atoms with Crippen LogP contribution in [0.3, 0.4) is 0 Å². The summed E-state index contributed by atoms with van der Waals surface area (Å²) in [5, 5.41) is 7.62. The zero-order chi connectivity index (χ0) is 20.8. The van der Waals surface area contributed by atoms with Crippen LogP contribution in [0, 0.1) is 6.92 Å². The number of hydrogen-bond donors (Lipinski definition) is 1. The average Bonchev–Trinajstić information content (AvgIpc) is 3.46. The lowest BCUT2D eigenvalue weighted by Gasteiger charge is -2.27. The van der Waals surface area contributed by atoms with Gasteiger partial charge in [0.15, 0.2) is 5.69 Å². The molecule has 1 aliphatic carbocycles. The molecule has 30 heavy (non-hydrogen) atoms. The summed E-state index contributed by atoms with van der Waals surface area (Å²) in [6.07, 6.45) is 8.72. The SMILES string of the molecule is Cc1ccn2cc(C(=O)N3CCc4c(c(C(=O)NC5CCCC5)nn4C)C3)nc2c1. The zero-order valence-corrected chi connectivity index (χ0v) is 17.4. The number of rotatable bonds is 3. The summed E-state index contributed by atoms with van der Waals surface area (Å²) < 4.78 is 3.65. The van der Waals surface area contributed by atoms with E-state index in [0.717, 1.165) is 48.2 Å². The summed E-state index contributed by atoms with van der Waals surface area (Å²) in [4.78, 5) is 32.3. The fourth-order valence-corrected chi connectivity index (χ4v) is 4.62. The molecule has 8 heteroatoms. The van der Waals surface area contributed by atoms with Gasteiger partial charge < -0.3 is 14.6 Å². The van der Waals surface area contributed by atoms with Gasteiger partial charge in [-0.3, -0.25) is 14.3 Å². The lowest BCUT2D eigenvalue weighted by Crippen LogP contribution is -2.38. The Bertz CT molecular complexity index is 1140. The Balaban J connectivity index is 1.39. The van der Waals surface area contributed by atoms with Crippen LogP contribution in [0.5, 0.6) is 0 Å². The molecule has 0 aromatic carbocycles. The van der Waals surface area contributed by atoms with Gasteiger partial charge in [-0.15, -0.1) is 0 Å². The molecule has 2 amide bonds. The second-order valence-corrected chi connectivity index (χ2v) is 8.42. The monoisotopic (exact) mass is 406 g/mol. The molecular weight excluding hydrogens is 380 g/mol. The highest BCUT2D eigenvalue weighted by Crippen LogP contribution is 2.25. The Morgan fingerprint density at radius 1 is 1.23 bits per heavy atom. The zero-order valence-electron chi connectivity index (χ0n) is 17.4. The topological polar surface area (TPSA) is 84.5 Å². The molecule has 3 aromatic heterocycles. The summed E-state index contributed by atoms with van der Waals surface area (Å²) >= 11 is 0. The molecule has 0 unspecified atom stereocenters. The third-order valence-corrected chi connectivity index (χ3v) is 6.27. The van der Waals surface area contributed by atoms with E-state index < -0.39 is 0 Å². The normalized spacial score (nSPS) is 16.8. The van der Waals surface area contributed by atoms with Crippen LogP contribution < -0.4 is 5.32 Å². The Labute approximate surface area is 174 Å². The molecule has 5 rings (SSSR count). The molecule has 1 N–H and O–H groups in total. The number of aryl methyl sites for hydroxylation is 2. The average molecular weight is 406 g/mol. The smallest absolute Gasteiger partial charge is 0.274 e. The Morgan fingerprint density at radius 2 is 2.03 bits per heavy atom. The lowest BCUT2D eigenvalue weighted by molar-refractivity contribution is 0.0725. The lowest BCUT2D eigenvalue weighted by atomic mass is 10.0. The number of hydrogen-bond acceptors (Lipinski definition) is 4. The molecule has 0 bridgehead atoms. The molecular formula is C22H26N6O2. The van der Waals surface area contributed by atoms with E-state index in [0.29, 0.717) is 30.9 Å². The number of pyridine rings is 1. The number of amides is 2. The van der Waals surface area contributed by atoms with Gasteiger partial charge >= 0.3 is 0 Å². The number of nitrogens with one attached hydrogen (secondary N) is 1. The van der Waals surface area contributed by atoms with E-state index in [1.165, 1.54) is 0 Å². The van der Waals surface area contributed by atoms with E-state index in [-0.39, 0.29) is 17.9 Å². The van der Waals surface area contributed by atoms with Crippen LogP contribution in [-0.4, -0.2) is 48.5 Å². The van der Waals surface area contributed by atoms with Crippen LogP contribution in [-0.2, 0) is 20.0 Å². The maximum Gasteiger partial charge on any atom is 0.274 e. The second-order valence-electron chi connectivity index (χ2n) is 8.42. The first kappa shape index (κ1) is 18.8. The van der Waals surface area contributed by atoms with Crippen molar-refractivity contribution in [3.63, 3.8) is 0 Å². The maximum atomic E-state index is 13.2. The summed E-state index contributed by atoms with van der Waals surface area (Å²) in [7, 11) is 1.87. The van der Waals surface area contributed by atoms with Crippen LogP contribution in [0.15, 0.2) is 24.5 Å². The van der Waals surface area contributed by atoms with Crippen LogP contribution in [0.4, 0.5) is 0 Å². The van der Waals surface area contributed by atoms with Crippen molar-refractivity contribution in [3.05, 3.63) is 52.7 Å². The van der Waals surface area contributed by atoms with Crippen molar-refractivity contribution in [1.29, 1.82) is 0 Å². The van der Waals surface area contributed by atoms with E-state index in [1.54, 1.807) is 15.8 Å². The Kier molecular flexibility index (Phi) is 4.56. The van der Waals surface area contributed by atoms with E-state index in [4.69, 9.17) is 0 Å². The summed E-state index contributed by atoms with van der Waals surface area (Å²) in [5.74, 6) is -0.246. The summed E-state index contributed by atoms with van der Waals surface area (Å²) in [5.41, 5.74) is 4.61. The van der Waals surface area contributed by atoms with E-state index in [2.05, 4.69) is 15.4 Å². The van der Waals surface area contributed by atoms with E-state index >= 15 is 0 Å². The predicted octanol–water partition coefficient (Wildman–Crippen LogP) is 2.25. The maximum absolute atomic E-state index is 13.2. The molecule has 0 spiro atoms. The predicted molar refractivity (Wildman–Crippen MR) is 111 cm³/mol. The van der Waals surface area contributed by atoms with Crippen LogP contribution in [0.2, 0.25) is 0 Å². The van der Waals surface area contributed by atoms with Crippen molar-refractivity contribution in [2.24, 2.45) is 7.05 Å². The summed E-state index contributed by atoms with van der Waals surface area (Å²) in [6, 6.07) is 4.18. The van der Waals surface area contributed by atoms with Gasteiger partial charge in [0.1, 0.15) is 11.3 Å². The standard InChI is InChI=1S/C22H26N6O2/c1-14-7-9-27-13-17(24-19(27)11-14)22(30)28-10-8-18-16(12-28)20(25-26(18)2)21(29)23-15-5-3-4-6-15/h7,9,11,13,15H,3-6,8,10,12H2,1-2H3,(H,23,29). The number of imidazole rings is 1. The van der Waals surface area contributed by atoms with Crippen LogP contribution in [0.1, 0.15) is 63.5 Å². The minimum atomic E-state index is -0.128. The number of fused-ring (bicyclic) bond motifs is 2. The molecule has 1 fully saturated rings. The Morgan fingerprint density at radius 3 is 2.83 bits per heavy atom. The van der Waals surface area contributed by atoms with Gasteiger partial charge in [-0.1, -0.05) is 12.8 Å². The molecule has 0 atom stereocenters. The third kappa shape index (κ3) is 3.26. The third-order valence-electron chi connectivity index (χ3n) is 6.27. The highest BCUT2D eigenvalue weighted by molar-refractivity contribution is 5.95. The second kappa shape index (κ2) is 7.27. The Hall–Kier alpha value is -3.16. The highest BCUT2D eigenvalue weighted by atomic mass is 16.2. The summed E-state index contributed by atoms with van der Waals surface area (Å²) in [6.45, 7) is 2.97. The first-order valence-corrected chi connectivity index (χ1v) is 10.6. The van der Waals surface area contributed by atoms with E-state index in [9.17, 15) is 9.59 Å². The number of nitrogens with zero attached hydrogens (tertiary/aromatic N) is 5. The fraction of sp³-hybridized carbons (Fsp3) is 0.455.